The summed E-state index contributed by atoms with van der Waals surface area (Å²) in [4.78, 5) is 23.8. The maximum absolute atomic E-state index is 14.2. The summed E-state index contributed by atoms with van der Waals surface area (Å²) in [6, 6.07) is 3.65. The maximum atomic E-state index is 14.2. The number of nitriles is 2. The quantitative estimate of drug-likeness (QED) is 0.606. The molecule has 0 fully saturated rings. The van der Waals surface area contributed by atoms with E-state index >= 15 is 0 Å². The van der Waals surface area contributed by atoms with Gasteiger partial charge in [-0.2, -0.15) is 10.5 Å². The van der Waals surface area contributed by atoms with Crippen LogP contribution in [0.5, 0.6) is 0 Å². The summed E-state index contributed by atoms with van der Waals surface area (Å²) in [6.07, 6.45) is 0. The van der Waals surface area contributed by atoms with E-state index in [9.17, 15) is 18.4 Å². The van der Waals surface area contributed by atoms with E-state index in [0.717, 1.165) is 6.07 Å². The monoisotopic (exact) mass is 322 g/mol. The highest BCUT2D eigenvalue weighted by atomic mass is 19.2. The van der Waals surface area contributed by atoms with Gasteiger partial charge in [0.2, 0.25) is 0 Å². The van der Waals surface area contributed by atoms with E-state index in [1.165, 1.54) is 26.0 Å². The molecule has 1 rings (SSSR count). The molecule has 0 amide bonds. The fourth-order valence-electron chi connectivity index (χ4n) is 1.85. The van der Waals surface area contributed by atoms with E-state index < -0.39 is 46.2 Å². The number of hydrogen-bond donors (Lipinski definition) is 0. The van der Waals surface area contributed by atoms with Crippen molar-refractivity contribution >= 4 is 11.9 Å². The standard InChI is InChI=1S/C15H12F2N2O4/c1-3-22-14(20)11(15(21)23-4-2)9-5-8(6-18)10(7-19)13(17)12(9)16/h5,11H,3-4H2,1-2H3. The van der Waals surface area contributed by atoms with E-state index in [4.69, 9.17) is 10.5 Å². The Morgan fingerprint density at radius 2 is 1.61 bits per heavy atom. The number of benzene rings is 1. The minimum Gasteiger partial charge on any atom is -0.465 e. The van der Waals surface area contributed by atoms with Crippen molar-refractivity contribution in [3.05, 3.63) is 34.4 Å². The Labute approximate surface area is 130 Å². The van der Waals surface area contributed by atoms with Gasteiger partial charge in [-0.15, -0.1) is 0 Å². The Bertz CT molecular complexity index is 702. The molecule has 0 spiro atoms. The molecule has 1 aromatic rings. The average Bonchev–Trinajstić information content (AvgIpc) is 2.52. The number of hydrogen-bond acceptors (Lipinski definition) is 6. The minimum atomic E-state index is -1.88. The lowest BCUT2D eigenvalue weighted by atomic mass is 9.94. The number of carbonyl (C=O) groups excluding carboxylic acids is 2. The third kappa shape index (κ3) is 3.61. The molecule has 6 nitrogen and oxygen atoms in total. The highest BCUT2D eigenvalue weighted by Crippen LogP contribution is 2.28. The summed E-state index contributed by atoms with van der Waals surface area (Å²) in [6.45, 7) is 2.74. The van der Waals surface area contributed by atoms with Gasteiger partial charge in [-0.05, 0) is 19.9 Å². The van der Waals surface area contributed by atoms with Gasteiger partial charge in [0.05, 0.1) is 18.8 Å². The fraction of sp³-hybridized carbons (Fsp3) is 0.333. The molecule has 0 atom stereocenters. The number of carbonyl (C=O) groups is 2. The van der Waals surface area contributed by atoms with Gasteiger partial charge < -0.3 is 9.47 Å². The molecule has 0 aliphatic carbocycles. The Morgan fingerprint density at radius 3 is 2.00 bits per heavy atom. The Balaban J connectivity index is 3.57. The van der Waals surface area contributed by atoms with Crippen LogP contribution in [0.25, 0.3) is 0 Å². The van der Waals surface area contributed by atoms with Crippen LogP contribution in [0.2, 0.25) is 0 Å². The van der Waals surface area contributed by atoms with Gasteiger partial charge in [0.25, 0.3) is 0 Å². The van der Waals surface area contributed by atoms with Crippen LogP contribution in [0.1, 0.15) is 36.5 Å². The molecule has 0 aromatic heterocycles. The molecule has 0 saturated carbocycles. The van der Waals surface area contributed by atoms with Crippen LogP contribution in [-0.2, 0) is 19.1 Å². The van der Waals surface area contributed by atoms with Crippen molar-refractivity contribution in [1.82, 2.24) is 0 Å². The first kappa shape index (κ1) is 18.1. The second-order valence-corrected chi connectivity index (χ2v) is 4.18. The Morgan fingerprint density at radius 1 is 1.09 bits per heavy atom. The van der Waals surface area contributed by atoms with Gasteiger partial charge in [-0.1, -0.05) is 0 Å². The topological polar surface area (TPSA) is 100 Å². The van der Waals surface area contributed by atoms with Crippen molar-refractivity contribution < 1.29 is 27.8 Å². The molecule has 0 aliphatic heterocycles. The zero-order valence-electron chi connectivity index (χ0n) is 12.4. The fourth-order valence-corrected chi connectivity index (χ4v) is 1.85. The van der Waals surface area contributed by atoms with Gasteiger partial charge >= 0.3 is 11.9 Å². The molecule has 8 heteroatoms. The lowest BCUT2D eigenvalue weighted by Crippen LogP contribution is -2.27. The maximum Gasteiger partial charge on any atom is 0.325 e. The second kappa shape index (κ2) is 7.85. The molecule has 1 aromatic carbocycles. The summed E-state index contributed by atoms with van der Waals surface area (Å²) in [5.74, 6) is -7.35. The molecule has 0 bridgehead atoms. The number of ether oxygens (including phenoxy) is 2. The number of esters is 2. The number of rotatable bonds is 5. The summed E-state index contributed by atoms with van der Waals surface area (Å²) in [5, 5.41) is 17.7. The third-order valence-corrected chi connectivity index (χ3v) is 2.82. The van der Waals surface area contributed by atoms with Crippen LogP contribution in [0, 0.1) is 34.3 Å². The summed E-state index contributed by atoms with van der Waals surface area (Å²) >= 11 is 0. The summed E-state index contributed by atoms with van der Waals surface area (Å²) in [7, 11) is 0. The molecule has 0 unspecified atom stereocenters. The van der Waals surface area contributed by atoms with Crippen LogP contribution >= 0.6 is 0 Å². The molecule has 0 heterocycles. The predicted molar refractivity (Wildman–Crippen MR) is 71.8 cm³/mol. The zero-order valence-corrected chi connectivity index (χ0v) is 12.4. The Kier molecular flexibility index (Phi) is 6.16. The normalized spacial score (nSPS) is 9.87. The van der Waals surface area contributed by atoms with E-state index in [0.29, 0.717) is 0 Å². The van der Waals surface area contributed by atoms with Gasteiger partial charge in [0.1, 0.15) is 17.7 Å². The highest BCUT2D eigenvalue weighted by molar-refractivity contribution is 6.01. The second-order valence-electron chi connectivity index (χ2n) is 4.18. The lowest BCUT2D eigenvalue weighted by Gasteiger charge is -2.16. The van der Waals surface area contributed by atoms with Gasteiger partial charge in [-0.25, -0.2) is 8.78 Å². The molecule has 0 radical (unpaired) electrons. The molecular formula is C15H12F2N2O4. The van der Waals surface area contributed by atoms with Crippen LogP contribution in [0.15, 0.2) is 6.07 Å². The van der Waals surface area contributed by atoms with E-state index in [2.05, 4.69) is 9.47 Å². The van der Waals surface area contributed by atoms with Crippen LogP contribution in [0.3, 0.4) is 0 Å². The van der Waals surface area contributed by atoms with Gasteiger partial charge in [0.15, 0.2) is 17.6 Å². The third-order valence-electron chi connectivity index (χ3n) is 2.82. The molecule has 0 N–H and O–H groups in total. The van der Waals surface area contributed by atoms with Crippen molar-refractivity contribution in [2.45, 2.75) is 19.8 Å². The highest BCUT2D eigenvalue weighted by Gasteiger charge is 2.36. The van der Waals surface area contributed by atoms with E-state index in [-0.39, 0.29) is 13.2 Å². The van der Waals surface area contributed by atoms with Crippen molar-refractivity contribution in [2.75, 3.05) is 13.2 Å². The first-order valence-corrected chi connectivity index (χ1v) is 6.58. The van der Waals surface area contributed by atoms with Crippen molar-refractivity contribution in [2.24, 2.45) is 0 Å². The van der Waals surface area contributed by atoms with Crippen LogP contribution in [-0.4, -0.2) is 25.2 Å². The minimum absolute atomic E-state index is 0.0970. The summed E-state index contributed by atoms with van der Waals surface area (Å²) < 4.78 is 37.4. The lowest BCUT2D eigenvalue weighted by molar-refractivity contribution is -0.157. The predicted octanol–water partition coefficient (Wildman–Crippen LogP) is 1.92. The smallest absolute Gasteiger partial charge is 0.325 e. The first-order chi connectivity index (χ1) is 10.9. The van der Waals surface area contributed by atoms with E-state index in [1.807, 2.05) is 0 Å². The SMILES string of the molecule is CCOC(=O)C(C(=O)OCC)c1cc(C#N)c(C#N)c(F)c1F. The molecule has 120 valence electrons. The molecule has 23 heavy (non-hydrogen) atoms. The average molecular weight is 322 g/mol. The van der Waals surface area contributed by atoms with Gasteiger partial charge in [0, 0.05) is 5.56 Å². The molecule has 0 aliphatic rings. The van der Waals surface area contributed by atoms with Crippen molar-refractivity contribution in [3.8, 4) is 12.1 Å². The van der Waals surface area contributed by atoms with Crippen LogP contribution in [0.4, 0.5) is 8.78 Å². The Hall–Kier alpha value is -3.00. The van der Waals surface area contributed by atoms with Crippen molar-refractivity contribution in [1.29, 1.82) is 10.5 Å². The van der Waals surface area contributed by atoms with Crippen molar-refractivity contribution in [3.63, 3.8) is 0 Å². The van der Waals surface area contributed by atoms with Crippen LogP contribution < -0.4 is 0 Å². The number of nitrogens with zero attached hydrogens (tertiary/aromatic N) is 2. The number of halogens is 2. The van der Waals surface area contributed by atoms with E-state index in [1.54, 1.807) is 0 Å². The summed E-state index contributed by atoms with van der Waals surface area (Å²) in [5.41, 5.74) is -2.02. The zero-order chi connectivity index (χ0) is 17.6. The van der Waals surface area contributed by atoms with Gasteiger partial charge in [-0.3, -0.25) is 9.59 Å². The first-order valence-electron chi connectivity index (χ1n) is 6.58. The molecular weight excluding hydrogens is 310 g/mol. The largest absolute Gasteiger partial charge is 0.465 e. The molecule has 0 saturated heterocycles.